The first-order valence-corrected chi connectivity index (χ1v) is 9.43. The van der Waals surface area contributed by atoms with Crippen LogP contribution in [0.2, 0.25) is 5.15 Å². The van der Waals surface area contributed by atoms with E-state index in [2.05, 4.69) is 11.9 Å². The van der Waals surface area contributed by atoms with Crippen LogP contribution in [0.5, 0.6) is 0 Å². The van der Waals surface area contributed by atoms with Gasteiger partial charge < -0.3 is 13.7 Å². The van der Waals surface area contributed by atoms with Crippen LogP contribution in [-0.4, -0.2) is 28.9 Å². The molecule has 6 nitrogen and oxygen atoms in total. The van der Waals surface area contributed by atoms with Crippen LogP contribution in [0.4, 0.5) is 0 Å². The number of furan rings is 1. The Kier molecular flexibility index (Phi) is 6.31. The number of aromatic nitrogens is 2. The van der Waals surface area contributed by atoms with E-state index in [0.29, 0.717) is 41.2 Å². The number of aldehydes is 1. The van der Waals surface area contributed by atoms with Crippen LogP contribution >= 0.6 is 11.6 Å². The number of carbonyl (C=O) groups excluding carboxylic acids is 2. The summed E-state index contributed by atoms with van der Waals surface area (Å²) >= 11 is 6.12. The van der Waals surface area contributed by atoms with Gasteiger partial charge in [-0.2, -0.15) is 0 Å². The first-order chi connectivity index (χ1) is 13.6. The van der Waals surface area contributed by atoms with Crippen LogP contribution in [0.3, 0.4) is 0 Å². The Bertz CT molecular complexity index is 990. The zero-order valence-electron chi connectivity index (χ0n) is 15.8. The van der Waals surface area contributed by atoms with Gasteiger partial charge in [0.15, 0.2) is 11.4 Å². The first kappa shape index (κ1) is 19.9. The van der Waals surface area contributed by atoms with E-state index in [9.17, 15) is 9.59 Å². The highest BCUT2D eigenvalue weighted by Crippen LogP contribution is 2.28. The maximum Gasteiger partial charge on any atom is 0.338 e. The monoisotopic (exact) mass is 400 g/mol. The lowest BCUT2D eigenvalue weighted by Gasteiger charge is -2.08. The molecule has 2 aromatic heterocycles. The fourth-order valence-electron chi connectivity index (χ4n) is 3.05. The molecule has 0 spiro atoms. The van der Waals surface area contributed by atoms with Crippen molar-refractivity contribution >= 4 is 23.9 Å². The van der Waals surface area contributed by atoms with Crippen LogP contribution in [0, 0.1) is 0 Å². The molecule has 3 aromatic rings. The molecule has 28 heavy (non-hydrogen) atoms. The summed E-state index contributed by atoms with van der Waals surface area (Å²) in [6, 6.07) is 10.7. The number of hydrogen-bond acceptors (Lipinski definition) is 5. The minimum atomic E-state index is -0.431. The van der Waals surface area contributed by atoms with Crippen molar-refractivity contribution in [1.29, 1.82) is 0 Å². The molecule has 2 heterocycles. The third-order valence-electron chi connectivity index (χ3n) is 4.48. The van der Waals surface area contributed by atoms with Crippen molar-refractivity contribution < 1.29 is 18.7 Å². The molecule has 0 saturated carbocycles. The third-order valence-corrected chi connectivity index (χ3v) is 4.76. The summed E-state index contributed by atoms with van der Waals surface area (Å²) in [6.07, 6.45) is 3.39. The van der Waals surface area contributed by atoms with E-state index in [-0.39, 0.29) is 5.15 Å². The maximum absolute atomic E-state index is 12.0. The Morgan fingerprint density at radius 3 is 2.79 bits per heavy atom. The lowest BCUT2D eigenvalue weighted by atomic mass is 10.1. The summed E-state index contributed by atoms with van der Waals surface area (Å²) in [5.41, 5.74) is 1.40. The van der Waals surface area contributed by atoms with Gasteiger partial charge in [0.05, 0.1) is 19.2 Å². The van der Waals surface area contributed by atoms with Gasteiger partial charge in [-0.15, -0.1) is 0 Å². The number of halogens is 1. The minimum Gasteiger partial charge on any atom is -0.465 e. The molecule has 0 unspecified atom stereocenters. The van der Waals surface area contributed by atoms with E-state index in [0.717, 1.165) is 25.1 Å². The molecular weight excluding hydrogens is 380 g/mol. The number of imidazole rings is 1. The lowest BCUT2D eigenvalue weighted by molar-refractivity contribution is 0.0601. The van der Waals surface area contributed by atoms with Crippen molar-refractivity contribution in [1.82, 2.24) is 9.55 Å². The molecule has 0 fully saturated rings. The van der Waals surface area contributed by atoms with Crippen LogP contribution in [0.15, 0.2) is 40.8 Å². The minimum absolute atomic E-state index is 0.198. The van der Waals surface area contributed by atoms with Crippen molar-refractivity contribution in [3.05, 3.63) is 64.4 Å². The number of nitrogens with zero attached hydrogens (tertiary/aromatic N) is 2. The summed E-state index contributed by atoms with van der Waals surface area (Å²) in [5.74, 6) is 1.50. The topological polar surface area (TPSA) is 74.3 Å². The van der Waals surface area contributed by atoms with Gasteiger partial charge in [-0.25, -0.2) is 9.78 Å². The molecule has 0 atom stereocenters. The maximum atomic E-state index is 12.0. The number of rotatable bonds is 8. The van der Waals surface area contributed by atoms with Gasteiger partial charge >= 0.3 is 5.97 Å². The predicted octanol–water partition coefficient (Wildman–Crippen LogP) is 4.79. The van der Waals surface area contributed by atoms with Crippen molar-refractivity contribution in [2.45, 2.75) is 32.7 Å². The molecule has 0 bridgehead atoms. The normalized spacial score (nSPS) is 10.8. The van der Waals surface area contributed by atoms with E-state index in [4.69, 9.17) is 20.8 Å². The van der Waals surface area contributed by atoms with Crippen LogP contribution in [0.1, 0.15) is 52.2 Å². The molecule has 0 N–H and O–H groups in total. The Morgan fingerprint density at radius 1 is 1.29 bits per heavy atom. The zero-order chi connectivity index (χ0) is 20.1. The number of benzene rings is 1. The fraction of sp³-hybridized carbons (Fsp3) is 0.286. The lowest BCUT2D eigenvalue weighted by Crippen LogP contribution is -2.08. The summed E-state index contributed by atoms with van der Waals surface area (Å²) in [6.45, 7) is 2.42. The van der Waals surface area contributed by atoms with Gasteiger partial charge in [-0.05, 0) is 24.6 Å². The standard InChI is InChI=1S/C21H21ClN2O4/c1-3-4-9-19-23-20(22)17(13-25)24(19)12-14-10-11-18(28-14)15-7-5-6-8-16(15)21(26)27-2/h5-8,10-11,13H,3-4,9,12H2,1-2H3. The number of unbranched alkanes of at least 4 members (excludes halogenated alkanes) is 1. The van der Waals surface area contributed by atoms with Crippen molar-refractivity contribution in [3.63, 3.8) is 0 Å². The second-order valence-corrected chi connectivity index (χ2v) is 6.67. The number of aryl methyl sites for hydroxylation is 1. The molecule has 3 rings (SSSR count). The van der Waals surface area contributed by atoms with Crippen LogP contribution in [0.25, 0.3) is 11.3 Å². The van der Waals surface area contributed by atoms with E-state index >= 15 is 0 Å². The Labute approximate surface area is 168 Å². The number of hydrogen-bond donors (Lipinski definition) is 0. The van der Waals surface area contributed by atoms with Gasteiger partial charge in [-0.3, -0.25) is 4.79 Å². The molecule has 0 amide bonds. The smallest absolute Gasteiger partial charge is 0.338 e. The molecular formula is C21H21ClN2O4. The highest BCUT2D eigenvalue weighted by Gasteiger charge is 2.18. The largest absolute Gasteiger partial charge is 0.465 e. The fourth-order valence-corrected chi connectivity index (χ4v) is 3.29. The average molecular weight is 401 g/mol. The summed E-state index contributed by atoms with van der Waals surface area (Å²) < 4.78 is 12.6. The van der Waals surface area contributed by atoms with Gasteiger partial charge in [0.1, 0.15) is 23.0 Å². The van der Waals surface area contributed by atoms with E-state index in [1.54, 1.807) is 28.8 Å². The van der Waals surface area contributed by atoms with Crippen molar-refractivity contribution in [3.8, 4) is 11.3 Å². The average Bonchev–Trinajstić information content (AvgIpc) is 3.30. The molecule has 0 saturated heterocycles. The van der Waals surface area contributed by atoms with Gasteiger partial charge in [-0.1, -0.05) is 43.1 Å². The van der Waals surface area contributed by atoms with Crippen LogP contribution in [-0.2, 0) is 17.7 Å². The van der Waals surface area contributed by atoms with Gasteiger partial charge in [0.25, 0.3) is 0 Å². The molecule has 0 aliphatic carbocycles. The van der Waals surface area contributed by atoms with Crippen molar-refractivity contribution in [2.75, 3.05) is 7.11 Å². The predicted molar refractivity (Wildman–Crippen MR) is 106 cm³/mol. The summed E-state index contributed by atoms with van der Waals surface area (Å²) in [5, 5.41) is 0.198. The van der Waals surface area contributed by atoms with Gasteiger partial charge in [0, 0.05) is 12.0 Å². The summed E-state index contributed by atoms with van der Waals surface area (Å²) in [4.78, 5) is 27.8. The molecule has 0 aliphatic heterocycles. The molecule has 7 heteroatoms. The Balaban J connectivity index is 1.93. The van der Waals surface area contributed by atoms with Crippen LogP contribution < -0.4 is 0 Å². The molecule has 0 aliphatic rings. The second kappa shape index (κ2) is 8.89. The van der Waals surface area contributed by atoms with E-state index < -0.39 is 5.97 Å². The Morgan fingerprint density at radius 2 is 2.07 bits per heavy atom. The number of carbonyl (C=O) groups is 2. The summed E-state index contributed by atoms with van der Waals surface area (Å²) in [7, 11) is 1.34. The number of methoxy groups -OCH3 is 1. The van der Waals surface area contributed by atoms with E-state index in [1.165, 1.54) is 7.11 Å². The first-order valence-electron chi connectivity index (χ1n) is 9.05. The molecule has 146 valence electrons. The number of ether oxygens (including phenoxy) is 1. The highest BCUT2D eigenvalue weighted by molar-refractivity contribution is 6.31. The third kappa shape index (κ3) is 4.02. The van der Waals surface area contributed by atoms with E-state index in [1.807, 2.05) is 12.1 Å². The Hall–Kier alpha value is -2.86. The highest BCUT2D eigenvalue weighted by atomic mass is 35.5. The van der Waals surface area contributed by atoms with Crippen molar-refractivity contribution in [2.24, 2.45) is 0 Å². The molecule has 0 radical (unpaired) electrons. The second-order valence-electron chi connectivity index (χ2n) is 6.31. The van der Waals surface area contributed by atoms with Gasteiger partial charge in [0.2, 0.25) is 0 Å². The number of esters is 1. The SMILES string of the molecule is CCCCc1nc(Cl)c(C=O)n1Cc1ccc(-c2ccccc2C(=O)OC)o1. The molecule has 1 aromatic carbocycles. The zero-order valence-corrected chi connectivity index (χ0v) is 16.5. The quantitative estimate of drug-likeness (QED) is 0.401.